The summed E-state index contributed by atoms with van der Waals surface area (Å²) in [4.78, 5) is 35.7. The minimum Gasteiger partial charge on any atom is -0.508 e. The minimum atomic E-state index is -1.32. The van der Waals surface area contributed by atoms with Crippen molar-refractivity contribution < 1.29 is 29.7 Å². The van der Waals surface area contributed by atoms with E-state index in [1.165, 1.54) is 18.2 Å². The summed E-state index contributed by atoms with van der Waals surface area (Å²) in [5.41, 5.74) is 0.644. The van der Waals surface area contributed by atoms with Gasteiger partial charge in [0, 0.05) is 6.42 Å². The van der Waals surface area contributed by atoms with Crippen molar-refractivity contribution >= 4 is 52.2 Å². The van der Waals surface area contributed by atoms with Crippen molar-refractivity contribution in [3.05, 3.63) is 34.7 Å². The molecule has 1 aliphatic heterocycles. The molecule has 126 valence electrons. The molecule has 0 bridgehead atoms. The highest BCUT2D eigenvalue weighted by atomic mass is 32.2. The number of phenols is 1. The molecule has 1 fully saturated rings. The van der Waals surface area contributed by atoms with Gasteiger partial charge in [-0.2, -0.15) is 0 Å². The Balaban J connectivity index is 2.24. The SMILES string of the molecule is O=C(O)CCC(C(=O)O)N1C(=O)C(=Cc2ccc(O)cc2)SC1=S. The quantitative estimate of drug-likeness (QED) is 0.516. The Morgan fingerprint density at radius 2 is 1.88 bits per heavy atom. The first-order valence-electron chi connectivity index (χ1n) is 6.80. The van der Waals surface area contributed by atoms with Crippen molar-refractivity contribution in [1.82, 2.24) is 4.90 Å². The van der Waals surface area contributed by atoms with Gasteiger partial charge in [0.15, 0.2) is 0 Å². The average molecular weight is 367 g/mol. The third-order valence-corrected chi connectivity index (χ3v) is 4.57. The molecule has 9 heteroatoms. The van der Waals surface area contributed by atoms with Crippen LogP contribution in [-0.4, -0.2) is 48.4 Å². The maximum atomic E-state index is 12.5. The Bertz CT molecular complexity index is 728. The molecule has 7 nitrogen and oxygen atoms in total. The molecule has 1 unspecified atom stereocenters. The number of carboxylic acids is 2. The Labute approximate surface area is 146 Å². The average Bonchev–Trinajstić information content (AvgIpc) is 2.77. The second kappa shape index (κ2) is 7.45. The van der Waals surface area contributed by atoms with Crippen LogP contribution in [0, 0.1) is 0 Å². The van der Waals surface area contributed by atoms with Crippen LogP contribution >= 0.6 is 24.0 Å². The predicted molar refractivity (Wildman–Crippen MR) is 91.4 cm³/mol. The zero-order chi connectivity index (χ0) is 17.9. The number of amides is 1. The van der Waals surface area contributed by atoms with Gasteiger partial charge in [-0.05, 0) is 30.2 Å². The molecule has 2 rings (SSSR count). The highest BCUT2D eigenvalue weighted by Gasteiger charge is 2.40. The van der Waals surface area contributed by atoms with Gasteiger partial charge >= 0.3 is 11.9 Å². The van der Waals surface area contributed by atoms with E-state index in [0.29, 0.717) is 5.56 Å². The van der Waals surface area contributed by atoms with E-state index in [0.717, 1.165) is 16.7 Å². The van der Waals surface area contributed by atoms with Gasteiger partial charge in [-0.3, -0.25) is 14.5 Å². The fourth-order valence-electron chi connectivity index (χ4n) is 2.09. The largest absolute Gasteiger partial charge is 0.508 e. The molecule has 1 aliphatic rings. The molecule has 0 saturated carbocycles. The molecular formula is C15H13NO6S2. The zero-order valence-corrected chi connectivity index (χ0v) is 13.8. The lowest BCUT2D eigenvalue weighted by Crippen LogP contribution is -2.44. The Morgan fingerprint density at radius 3 is 2.42 bits per heavy atom. The van der Waals surface area contributed by atoms with Crippen LogP contribution in [0.25, 0.3) is 6.08 Å². The molecule has 1 heterocycles. The van der Waals surface area contributed by atoms with Crippen LogP contribution in [0.5, 0.6) is 5.75 Å². The molecule has 24 heavy (non-hydrogen) atoms. The molecule has 1 aromatic rings. The molecule has 1 aromatic carbocycles. The fraction of sp³-hybridized carbons (Fsp3) is 0.200. The first-order chi connectivity index (χ1) is 11.3. The monoisotopic (exact) mass is 367 g/mol. The van der Waals surface area contributed by atoms with Crippen LogP contribution in [0.15, 0.2) is 29.2 Å². The normalized spacial score (nSPS) is 17.3. The number of rotatable bonds is 6. The predicted octanol–water partition coefficient (Wildman–Crippen LogP) is 1.91. The number of aliphatic carboxylic acids is 2. The van der Waals surface area contributed by atoms with E-state index in [4.69, 9.17) is 17.3 Å². The van der Waals surface area contributed by atoms with Gasteiger partial charge < -0.3 is 15.3 Å². The van der Waals surface area contributed by atoms with E-state index in [2.05, 4.69) is 0 Å². The third-order valence-electron chi connectivity index (χ3n) is 3.24. The van der Waals surface area contributed by atoms with Crippen molar-refractivity contribution in [3.63, 3.8) is 0 Å². The molecule has 0 aliphatic carbocycles. The second-order valence-corrected chi connectivity index (χ2v) is 6.61. The van der Waals surface area contributed by atoms with Crippen LogP contribution in [-0.2, 0) is 14.4 Å². The number of carbonyl (C=O) groups excluding carboxylic acids is 1. The van der Waals surface area contributed by atoms with Crippen LogP contribution in [0.1, 0.15) is 18.4 Å². The molecule has 0 spiro atoms. The lowest BCUT2D eigenvalue weighted by molar-refractivity contribution is -0.146. The second-order valence-electron chi connectivity index (χ2n) is 4.93. The number of phenolic OH excluding ortho intramolecular Hbond substituents is 1. The fourth-order valence-corrected chi connectivity index (χ4v) is 3.45. The van der Waals surface area contributed by atoms with E-state index >= 15 is 0 Å². The van der Waals surface area contributed by atoms with Crippen LogP contribution in [0.4, 0.5) is 0 Å². The van der Waals surface area contributed by atoms with Gasteiger partial charge in [0.05, 0.1) is 4.91 Å². The number of hydrogen-bond donors (Lipinski definition) is 3. The maximum Gasteiger partial charge on any atom is 0.326 e. The van der Waals surface area contributed by atoms with Crippen molar-refractivity contribution in [3.8, 4) is 5.75 Å². The Hall–Kier alpha value is -2.39. The minimum absolute atomic E-state index is 0.0721. The lowest BCUT2D eigenvalue weighted by Gasteiger charge is -2.22. The van der Waals surface area contributed by atoms with E-state index in [9.17, 15) is 24.6 Å². The maximum absolute atomic E-state index is 12.5. The van der Waals surface area contributed by atoms with Crippen molar-refractivity contribution in [2.45, 2.75) is 18.9 Å². The smallest absolute Gasteiger partial charge is 0.326 e. The molecular weight excluding hydrogens is 354 g/mol. The first-order valence-corrected chi connectivity index (χ1v) is 8.02. The van der Waals surface area contributed by atoms with Gasteiger partial charge in [-0.1, -0.05) is 36.1 Å². The van der Waals surface area contributed by atoms with Gasteiger partial charge in [0.25, 0.3) is 5.91 Å². The number of aromatic hydroxyl groups is 1. The summed E-state index contributed by atoms with van der Waals surface area (Å²) in [7, 11) is 0. The summed E-state index contributed by atoms with van der Waals surface area (Å²) in [6.07, 6.45) is 0.920. The van der Waals surface area contributed by atoms with Gasteiger partial charge in [0.1, 0.15) is 16.1 Å². The lowest BCUT2D eigenvalue weighted by atomic mass is 10.1. The molecule has 0 radical (unpaired) electrons. The summed E-state index contributed by atoms with van der Waals surface area (Å²) >= 11 is 6.04. The van der Waals surface area contributed by atoms with E-state index < -0.39 is 23.9 Å². The van der Waals surface area contributed by atoms with Crippen molar-refractivity contribution in [2.75, 3.05) is 0 Å². The molecule has 1 saturated heterocycles. The standard InChI is InChI=1S/C15H13NO6S2/c17-9-3-1-8(2-4-9)7-11-13(20)16(15(23)24-11)10(14(21)22)5-6-12(18)19/h1-4,7,10,17H,5-6H2,(H,18,19)(H,21,22). The van der Waals surface area contributed by atoms with Crippen molar-refractivity contribution in [1.29, 1.82) is 0 Å². The third kappa shape index (κ3) is 4.12. The number of carbonyl (C=O) groups is 3. The first kappa shape index (κ1) is 18.0. The molecule has 0 aromatic heterocycles. The number of thiocarbonyl (C=S) groups is 1. The van der Waals surface area contributed by atoms with Gasteiger partial charge in [-0.15, -0.1) is 0 Å². The number of hydrogen-bond acceptors (Lipinski definition) is 6. The highest BCUT2D eigenvalue weighted by molar-refractivity contribution is 8.26. The van der Waals surface area contributed by atoms with Crippen LogP contribution in [0.2, 0.25) is 0 Å². The Kier molecular flexibility index (Phi) is 5.58. The number of carboxylic acid groups (broad SMARTS) is 2. The topological polar surface area (TPSA) is 115 Å². The summed E-state index contributed by atoms with van der Waals surface area (Å²) in [6, 6.07) is 4.79. The number of thioether (sulfide) groups is 1. The van der Waals surface area contributed by atoms with E-state index in [-0.39, 0.29) is 27.8 Å². The van der Waals surface area contributed by atoms with E-state index in [1.807, 2.05) is 0 Å². The van der Waals surface area contributed by atoms with Crippen LogP contribution < -0.4 is 0 Å². The summed E-state index contributed by atoms with van der Waals surface area (Å²) < 4.78 is 0.0721. The van der Waals surface area contributed by atoms with Crippen molar-refractivity contribution in [2.24, 2.45) is 0 Å². The molecule has 3 N–H and O–H groups in total. The summed E-state index contributed by atoms with van der Waals surface area (Å²) in [5.74, 6) is -2.94. The van der Waals surface area contributed by atoms with E-state index in [1.54, 1.807) is 12.1 Å². The summed E-state index contributed by atoms with van der Waals surface area (Å²) in [5, 5.41) is 27.3. The number of nitrogens with zero attached hydrogens (tertiary/aromatic N) is 1. The molecule has 1 amide bonds. The Morgan fingerprint density at radius 1 is 1.25 bits per heavy atom. The zero-order valence-electron chi connectivity index (χ0n) is 12.2. The highest BCUT2D eigenvalue weighted by Crippen LogP contribution is 2.35. The summed E-state index contributed by atoms with van der Waals surface area (Å²) in [6.45, 7) is 0. The van der Waals surface area contributed by atoms with Crippen LogP contribution in [0.3, 0.4) is 0 Å². The molecule has 1 atom stereocenters. The number of benzene rings is 1. The van der Waals surface area contributed by atoms with Gasteiger partial charge in [-0.25, -0.2) is 4.79 Å². The van der Waals surface area contributed by atoms with Gasteiger partial charge in [0.2, 0.25) is 0 Å².